The van der Waals surface area contributed by atoms with E-state index in [2.05, 4.69) is 17.2 Å². The molecule has 0 aliphatic rings. The van der Waals surface area contributed by atoms with E-state index in [1.165, 1.54) is 38.5 Å². The molecule has 38 heavy (non-hydrogen) atoms. The normalized spacial score (nSPS) is 12.4. The van der Waals surface area contributed by atoms with Crippen molar-refractivity contribution in [3.05, 3.63) is 0 Å². The Morgan fingerprint density at radius 1 is 0.895 bits per heavy atom. The zero-order chi connectivity index (χ0) is 28.1. The van der Waals surface area contributed by atoms with Crippen LogP contribution < -0.4 is 34.2 Å². The van der Waals surface area contributed by atoms with Gasteiger partial charge in [-0.05, 0) is 40.0 Å². The second-order valence-corrected chi connectivity index (χ2v) is 10.3. The summed E-state index contributed by atoms with van der Waals surface area (Å²) in [6, 6.07) is -1.00. The Labute approximate surface area is 234 Å². The molecule has 12 heteroatoms. The molecule has 0 heterocycles. The van der Waals surface area contributed by atoms with Crippen LogP contribution in [0.25, 0.3) is 0 Å². The first-order chi connectivity index (χ1) is 17.4. The van der Waals surface area contributed by atoms with Gasteiger partial charge in [-0.1, -0.05) is 58.3 Å². The minimum Gasteiger partial charge on any atom is -1.00 e. The SMILES string of the molecule is CCCCCCCCCCCC(=O)OCC(O)COC(=O)[C@H](CCC[NH+]=C(N)N)NC(=O)OC(C)(C)C.[Cl-]. The summed E-state index contributed by atoms with van der Waals surface area (Å²) in [5, 5.41) is 12.5. The number of nitrogens with one attached hydrogen (secondary N) is 2. The molecule has 7 N–H and O–H groups in total. The third kappa shape index (κ3) is 24.1. The number of aliphatic hydroxyl groups excluding tert-OH is 1. The van der Waals surface area contributed by atoms with E-state index in [-0.39, 0.29) is 44.0 Å². The molecule has 224 valence electrons. The number of alkyl carbamates (subject to hydrolysis) is 1. The van der Waals surface area contributed by atoms with Crippen molar-refractivity contribution in [2.24, 2.45) is 11.5 Å². The predicted molar refractivity (Wildman–Crippen MR) is 141 cm³/mol. The first-order valence-electron chi connectivity index (χ1n) is 13.6. The molecule has 0 fully saturated rings. The summed E-state index contributed by atoms with van der Waals surface area (Å²) in [5.41, 5.74) is 9.97. The second-order valence-electron chi connectivity index (χ2n) is 10.3. The van der Waals surface area contributed by atoms with Crippen LogP contribution in [0, 0.1) is 0 Å². The summed E-state index contributed by atoms with van der Waals surface area (Å²) in [6.45, 7) is 7.06. The number of hydrogen-bond acceptors (Lipinski definition) is 7. The van der Waals surface area contributed by atoms with Crippen molar-refractivity contribution >= 4 is 24.0 Å². The molecule has 0 aliphatic heterocycles. The van der Waals surface area contributed by atoms with Crippen LogP contribution in [0.3, 0.4) is 0 Å². The molecule has 0 aliphatic carbocycles. The first-order valence-corrected chi connectivity index (χ1v) is 13.6. The lowest BCUT2D eigenvalue weighted by Gasteiger charge is -2.23. The molecule has 0 aromatic rings. The summed E-state index contributed by atoms with van der Waals surface area (Å²) in [4.78, 5) is 39.3. The van der Waals surface area contributed by atoms with Crippen LogP contribution in [0.4, 0.5) is 4.79 Å². The van der Waals surface area contributed by atoms with E-state index in [0.29, 0.717) is 19.4 Å². The van der Waals surface area contributed by atoms with Crippen molar-refractivity contribution in [1.29, 1.82) is 0 Å². The zero-order valence-corrected chi connectivity index (χ0v) is 24.4. The molecule has 0 saturated carbocycles. The van der Waals surface area contributed by atoms with Crippen LogP contribution in [0.2, 0.25) is 0 Å². The van der Waals surface area contributed by atoms with Gasteiger partial charge in [0.25, 0.3) is 0 Å². The molecule has 0 aromatic heterocycles. The number of carbonyl (C=O) groups is 3. The molecule has 1 amide bonds. The standard InChI is InChI=1S/C26H50N4O7.ClH/c1-5-6-7-8-9-10-11-12-13-16-22(32)35-18-20(31)19-36-23(33)21(15-14-17-29-24(27)28)30-25(34)37-26(2,3)4;/h20-21,31H,5-19H2,1-4H3,(H,30,34)(H4,27,28,29);1H/t20?,21-;/m0./s1. The Kier molecular flexibility index (Phi) is 22.6. The van der Waals surface area contributed by atoms with Crippen LogP contribution in [0.1, 0.15) is 105 Å². The molecular weight excluding hydrogens is 516 g/mol. The number of hydrogen-bond donors (Lipinski definition) is 5. The van der Waals surface area contributed by atoms with Crippen molar-refractivity contribution in [1.82, 2.24) is 5.32 Å². The number of unbranched alkanes of at least 4 members (excludes halogenated alkanes) is 8. The zero-order valence-electron chi connectivity index (χ0n) is 23.7. The minimum atomic E-state index is -1.17. The molecular formula is C26H51ClN4O7. The Balaban J connectivity index is 0. The van der Waals surface area contributed by atoms with Crippen LogP contribution in [-0.2, 0) is 23.8 Å². The highest BCUT2D eigenvalue weighted by molar-refractivity contribution is 5.81. The second kappa shape index (κ2) is 22.7. The van der Waals surface area contributed by atoms with E-state index in [0.717, 1.165) is 19.3 Å². The highest BCUT2D eigenvalue weighted by Crippen LogP contribution is 2.11. The Bertz CT molecular complexity index is 683. The summed E-state index contributed by atoms with van der Waals surface area (Å²) in [7, 11) is 0. The third-order valence-corrected chi connectivity index (χ3v) is 5.31. The smallest absolute Gasteiger partial charge is 0.408 e. The highest BCUT2D eigenvalue weighted by Gasteiger charge is 2.26. The quantitative estimate of drug-likeness (QED) is 0.0381. The largest absolute Gasteiger partial charge is 1.00 e. The lowest BCUT2D eigenvalue weighted by molar-refractivity contribution is -0.459. The van der Waals surface area contributed by atoms with Gasteiger partial charge in [0.1, 0.15) is 31.0 Å². The van der Waals surface area contributed by atoms with Crippen molar-refractivity contribution in [3.63, 3.8) is 0 Å². The van der Waals surface area contributed by atoms with Crippen molar-refractivity contribution < 1.29 is 51.1 Å². The number of nitrogens with two attached hydrogens (primary N) is 2. The van der Waals surface area contributed by atoms with Gasteiger partial charge in [-0.25, -0.2) is 9.59 Å². The van der Waals surface area contributed by atoms with E-state index in [4.69, 9.17) is 25.7 Å². The van der Waals surface area contributed by atoms with E-state index in [1.807, 2.05) is 0 Å². The fraction of sp³-hybridized carbons (Fsp3) is 0.846. The van der Waals surface area contributed by atoms with Crippen molar-refractivity contribution in [2.45, 2.75) is 122 Å². The fourth-order valence-electron chi connectivity index (χ4n) is 3.41. The maximum atomic E-state index is 12.5. The summed E-state index contributed by atoms with van der Waals surface area (Å²) in [6.07, 6.45) is 9.38. The Morgan fingerprint density at radius 3 is 2.00 bits per heavy atom. The van der Waals surface area contributed by atoms with Gasteiger partial charge in [-0.2, -0.15) is 0 Å². The topological polar surface area (TPSA) is 177 Å². The van der Waals surface area contributed by atoms with Gasteiger partial charge in [0.15, 0.2) is 0 Å². The van der Waals surface area contributed by atoms with Crippen molar-refractivity contribution in [2.75, 3.05) is 19.8 Å². The third-order valence-electron chi connectivity index (χ3n) is 5.31. The molecule has 0 aromatic carbocycles. The average Bonchev–Trinajstić information content (AvgIpc) is 2.80. The van der Waals surface area contributed by atoms with Gasteiger partial charge >= 0.3 is 24.0 Å². The van der Waals surface area contributed by atoms with Gasteiger partial charge in [0.05, 0.1) is 6.54 Å². The average molecular weight is 567 g/mol. The lowest BCUT2D eigenvalue weighted by Crippen LogP contribution is -3.00. The molecule has 0 bridgehead atoms. The van der Waals surface area contributed by atoms with Crippen LogP contribution in [-0.4, -0.2) is 66.6 Å². The van der Waals surface area contributed by atoms with Gasteiger partial charge in [0.2, 0.25) is 0 Å². The van der Waals surface area contributed by atoms with Gasteiger partial charge in [0, 0.05) is 6.42 Å². The summed E-state index contributed by atoms with van der Waals surface area (Å²) >= 11 is 0. The molecule has 11 nitrogen and oxygen atoms in total. The lowest BCUT2D eigenvalue weighted by atomic mass is 10.1. The maximum Gasteiger partial charge on any atom is 0.408 e. The number of guanidine groups is 1. The first kappa shape index (κ1) is 37.9. The number of carbonyl (C=O) groups excluding carboxylic acids is 3. The molecule has 0 spiro atoms. The predicted octanol–water partition coefficient (Wildman–Crippen LogP) is -1.61. The van der Waals surface area contributed by atoms with Crippen LogP contribution >= 0.6 is 0 Å². The van der Waals surface area contributed by atoms with Crippen LogP contribution in [0.15, 0.2) is 0 Å². The minimum absolute atomic E-state index is 0. The van der Waals surface area contributed by atoms with E-state index in [9.17, 15) is 19.5 Å². The van der Waals surface area contributed by atoms with Crippen molar-refractivity contribution in [3.8, 4) is 0 Å². The summed E-state index contributed by atoms with van der Waals surface area (Å²) in [5.74, 6) is -1.08. The van der Waals surface area contributed by atoms with E-state index < -0.39 is 29.8 Å². The highest BCUT2D eigenvalue weighted by atomic mass is 35.5. The monoisotopic (exact) mass is 566 g/mol. The van der Waals surface area contributed by atoms with Crippen LogP contribution in [0.5, 0.6) is 0 Å². The Morgan fingerprint density at radius 2 is 1.45 bits per heavy atom. The molecule has 0 saturated heterocycles. The molecule has 0 rings (SSSR count). The molecule has 2 atom stereocenters. The van der Waals surface area contributed by atoms with E-state index >= 15 is 0 Å². The number of esters is 2. The number of amides is 1. The number of aliphatic hydroxyl groups is 1. The molecule has 1 unspecified atom stereocenters. The number of halogens is 1. The van der Waals surface area contributed by atoms with E-state index in [1.54, 1.807) is 20.8 Å². The number of rotatable bonds is 20. The van der Waals surface area contributed by atoms with Gasteiger partial charge in [-0.3, -0.25) is 21.3 Å². The maximum absolute atomic E-state index is 12.5. The molecule has 0 radical (unpaired) electrons. The Hall–Kier alpha value is -2.27. The van der Waals surface area contributed by atoms with Gasteiger partial charge < -0.3 is 37.0 Å². The van der Waals surface area contributed by atoms with Gasteiger partial charge in [-0.15, -0.1) is 0 Å². The number of ether oxygens (including phenoxy) is 3. The fourth-order valence-corrected chi connectivity index (χ4v) is 3.41. The summed E-state index contributed by atoms with van der Waals surface area (Å²) < 4.78 is 15.4.